The Hall–Kier alpha value is -0.780. The van der Waals surface area contributed by atoms with E-state index in [0.717, 1.165) is 26.6 Å². The second-order valence-electron chi connectivity index (χ2n) is 3.72. The van der Waals surface area contributed by atoms with E-state index in [1.807, 2.05) is 24.4 Å². The van der Waals surface area contributed by atoms with Gasteiger partial charge in [-0.05, 0) is 62.0 Å². The summed E-state index contributed by atoms with van der Waals surface area (Å²) in [6, 6.07) is 5.78. The van der Waals surface area contributed by atoms with Crippen LogP contribution in [0.4, 0.5) is 0 Å². The number of hydrogen-bond acceptors (Lipinski definition) is 3. The summed E-state index contributed by atoms with van der Waals surface area (Å²) < 4.78 is 1.92. The van der Waals surface area contributed by atoms with Crippen molar-refractivity contribution in [1.29, 1.82) is 0 Å². The Labute approximate surface area is 117 Å². The van der Waals surface area contributed by atoms with Crippen LogP contribution in [0.2, 0.25) is 0 Å². The van der Waals surface area contributed by atoms with Crippen LogP contribution in [0.25, 0.3) is 0 Å². The molecule has 2 N–H and O–H groups in total. The molecule has 0 aliphatic carbocycles. The van der Waals surface area contributed by atoms with Crippen LogP contribution in [0.15, 0.2) is 45.7 Å². The first kappa shape index (κ1) is 12.7. The summed E-state index contributed by atoms with van der Waals surface area (Å²) in [7, 11) is 0. The molecule has 2 heterocycles. The van der Waals surface area contributed by atoms with E-state index >= 15 is 0 Å². The minimum Gasteiger partial charge on any atom is -0.322 e. The van der Waals surface area contributed by atoms with E-state index in [4.69, 9.17) is 5.73 Å². The molecule has 1 unspecified atom stereocenters. The lowest BCUT2D eigenvalue weighted by molar-refractivity contribution is 0.694. The molecule has 2 aromatic heterocycles. The van der Waals surface area contributed by atoms with Crippen molar-refractivity contribution in [1.82, 2.24) is 9.97 Å². The average Bonchev–Trinajstić information content (AvgIpc) is 2.29. The van der Waals surface area contributed by atoms with Gasteiger partial charge in [-0.2, -0.15) is 0 Å². The van der Waals surface area contributed by atoms with E-state index < -0.39 is 0 Å². The second kappa shape index (κ2) is 5.71. The van der Waals surface area contributed by atoms with Gasteiger partial charge in [-0.3, -0.25) is 9.97 Å². The van der Waals surface area contributed by atoms with Crippen LogP contribution in [-0.4, -0.2) is 9.97 Å². The van der Waals surface area contributed by atoms with E-state index in [0.29, 0.717) is 0 Å². The van der Waals surface area contributed by atoms with Gasteiger partial charge >= 0.3 is 0 Å². The topological polar surface area (TPSA) is 51.8 Å². The van der Waals surface area contributed by atoms with Crippen molar-refractivity contribution in [3.8, 4) is 0 Å². The number of rotatable bonds is 3. The standard InChI is InChI=1S/C12H11Br2N3/c13-9-1-2-12(17-7-9)11(15)4-8-3-10(14)6-16-5-8/h1-3,5-7,11H,4,15H2. The molecule has 3 nitrogen and oxygen atoms in total. The minimum atomic E-state index is -0.112. The normalized spacial score (nSPS) is 12.4. The van der Waals surface area contributed by atoms with Crippen LogP contribution < -0.4 is 5.73 Å². The van der Waals surface area contributed by atoms with Crippen molar-refractivity contribution in [3.05, 3.63) is 57.0 Å². The fraction of sp³-hybridized carbons (Fsp3) is 0.167. The summed E-state index contributed by atoms with van der Waals surface area (Å²) in [5, 5.41) is 0. The first-order valence-electron chi connectivity index (χ1n) is 5.11. The number of pyridine rings is 2. The molecule has 17 heavy (non-hydrogen) atoms. The Morgan fingerprint density at radius 1 is 1.12 bits per heavy atom. The summed E-state index contributed by atoms with van der Waals surface area (Å²) in [6.45, 7) is 0. The highest BCUT2D eigenvalue weighted by Gasteiger charge is 2.08. The summed E-state index contributed by atoms with van der Waals surface area (Å²) in [5.74, 6) is 0. The van der Waals surface area contributed by atoms with Gasteiger partial charge < -0.3 is 5.73 Å². The van der Waals surface area contributed by atoms with Gasteiger partial charge in [0.1, 0.15) is 0 Å². The van der Waals surface area contributed by atoms with Crippen LogP contribution >= 0.6 is 31.9 Å². The summed E-state index contributed by atoms with van der Waals surface area (Å²) in [6.07, 6.45) is 6.06. The minimum absolute atomic E-state index is 0.112. The zero-order chi connectivity index (χ0) is 12.3. The van der Waals surface area contributed by atoms with E-state index in [9.17, 15) is 0 Å². The van der Waals surface area contributed by atoms with Crippen molar-refractivity contribution in [2.45, 2.75) is 12.5 Å². The fourth-order valence-corrected chi connectivity index (χ4v) is 2.18. The highest BCUT2D eigenvalue weighted by molar-refractivity contribution is 9.10. The molecule has 0 saturated carbocycles. The van der Waals surface area contributed by atoms with E-state index in [1.165, 1.54) is 0 Å². The maximum absolute atomic E-state index is 6.11. The Morgan fingerprint density at radius 2 is 1.94 bits per heavy atom. The zero-order valence-electron chi connectivity index (χ0n) is 8.98. The summed E-state index contributed by atoms with van der Waals surface area (Å²) >= 11 is 6.74. The van der Waals surface area contributed by atoms with Gasteiger partial charge in [0.15, 0.2) is 0 Å². The monoisotopic (exact) mass is 355 g/mol. The highest BCUT2D eigenvalue weighted by Crippen LogP contribution is 2.17. The van der Waals surface area contributed by atoms with E-state index in [-0.39, 0.29) is 6.04 Å². The molecule has 0 spiro atoms. The molecule has 0 saturated heterocycles. The molecule has 0 amide bonds. The van der Waals surface area contributed by atoms with Gasteiger partial charge in [0, 0.05) is 27.5 Å². The second-order valence-corrected chi connectivity index (χ2v) is 5.55. The van der Waals surface area contributed by atoms with Gasteiger partial charge in [0.05, 0.1) is 11.7 Å². The van der Waals surface area contributed by atoms with Crippen LogP contribution in [0.5, 0.6) is 0 Å². The lowest BCUT2D eigenvalue weighted by Gasteiger charge is -2.11. The molecule has 0 bridgehead atoms. The Bertz CT molecular complexity index is 499. The first-order valence-corrected chi connectivity index (χ1v) is 6.70. The average molecular weight is 357 g/mol. The SMILES string of the molecule is NC(Cc1cncc(Br)c1)c1ccc(Br)cn1. The molecular formula is C12H11Br2N3. The molecule has 1 atom stereocenters. The molecule has 0 aliphatic rings. The number of aromatic nitrogens is 2. The molecule has 5 heteroatoms. The molecule has 88 valence electrons. The van der Waals surface area contributed by atoms with Gasteiger partial charge in [-0.1, -0.05) is 0 Å². The van der Waals surface area contributed by atoms with E-state index in [1.54, 1.807) is 12.4 Å². The Kier molecular flexibility index (Phi) is 4.25. The molecular weight excluding hydrogens is 346 g/mol. The fourth-order valence-electron chi connectivity index (χ4n) is 1.53. The molecule has 0 fully saturated rings. The number of hydrogen-bond donors (Lipinski definition) is 1. The smallest absolute Gasteiger partial charge is 0.0575 e. The Balaban J connectivity index is 2.11. The van der Waals surface area contributed by atoms with Gasteiger partial charge in [0.2, 0.25) is 0 Å². The van der Waals surface area contributed by atoms with Crippen LogP contribution in [0.3, 0.4) is 0 Å². The van der Waals surface area contributed by atoms with Crippen LogP contribution in [0.1, 0.15) is 17.3 Å². The highest BCUT2D eigenvalue weighted by atomic mass is 79.9. The number of nitrogens with zero attached hydrogens (tertiary/aromatic N) is 2. The maximum Gasteiger partial charge on any atom is 0.0575 e. The third kappa shape index (κ3) is 3.59. The summed E-state index contributed by atoms with van der Waals surface area (Å²) in [4.78, 5) is 8.41. The third-order valence-corrected chi connectivity index (χ3v) is 3.25. The molecule has 2 rings (SSSR count). The lowest BCUT2D eigenvalue weighted by atomic mass is 10.1. The van der Waals surface area contributed by atoms with Crippen LogP contribution in [0, 0.1) is 0 Å². The van der Waals surface area contributed by atoms with Gasteiger partial charge in [-0.15, -0.1) is 0 Å². The van der Waals surface area contributed by atoms with Crippen molar-refractivity contribution in [2.75, 3.05) is 0 Å². The first-order chi connectivity index (χ1) is 8.15. The van der Waals surface area contributed by atoms with Gasteiger partial charge in [-0.25, -0.2) is 0 Å². The quantitative estimate of drug-likeness (QED) is 0.918. The lowest BCUT2D eigenvalue weighted by Crippen LogP contribution is -2.14. The Morgan fingerprint density at radius 3 is 2.59 bits per heavy atom. The van der Waals surface area contributed by atoms with Crippen molar-refractivity contribution >= 4 is 31.9 Å². The van der Waals surface area contributed by atoms with Crippen LogP contribution in [-0.2, 0) is 6.42 Å². The number of nitrogens with two attached hydrogens (primary N) is 1. The predicted molar refractivity (Wildman–Crippen MR) is 74.5 cm³/mol. The van der Waals surface area contributed by atoms with Crippen molar-refractivity contribution in [3.63, 3.8) is 0 Å². The van der Waals surface area contributed by atoms with Crippen molar-refractivity contribution in [2.24, 2.45) is 5.73 Å². The largest absolute Gasteiger partial charge is 0.322 e. The van der Waals surface area contributed by atoms with E-state index in [2.05, 4.69) is 41.8 Å². The van der Waals surface area contributed by atoms with Crippen molar-refractivity contribution < 1.29 is 0 Å². The molecule has 2 aromatic rings. The predicted octanol–water partition coefficient (Wildman–Crippen LogP) is 3.24. The zero-order valence-corrected chi connectivity index (χ0v) is 12.1. The third-order valence-electron chi connectivity index (χ3n) is 2.35. The maximum atomic E-state index is 6.11. The molecule has 0 aromatic carbocycles. The molecule has 0 radical (unpaired) electrons. The molecule has 0 aliphatic heterocycles. The number of halogens is 2. The summed E-state index contributed by atoms with van der Waals surface area (Å²) in [5.41, 5.74) is 8.08. The van der Waals surface area contributed by atoms with Gasteiger partial charge in [0.25, 0.3) is 0 Å².